The molecule has 0 aromatic heterocycles. The van der Waals surface area contributed by atoms with E-state index in [4.69, 9.17) is 5.73 Å². The number of rotatable bonds is 4. The number of halogens is 1. The number of carbonyl (C=O) groups is 1. The Morgan fingerprint density at radius 2 is 2.11 bits per heavy atom. The quantitative estimate of drug-likeness (QED) is 0.627. The summed E-state index contributed by atoms with van der Waals surface area (Å²) >= 11 is 0. The Labute approximate surface area is 104 Å². The molecule has 0 bridgehead atoms. The van der Waals surface area contributed by atoms with Gasteiger partial charge in [-0.3, -0.25) is 4.79 Å². The lowest BCUT2D eigenvalue weighted by molar-refractivity contribution is -0.140. The van der Waals surface area contributed by atoms with E-state index >= 15 is 0 Å². The number of anilines is 1. The fraction of sp³-hybridized carbons (Fsp3) is 0.300. The van der Waals surface area contributed by atoms with Crippen molar-refractivity contribution in [3.63, 3.8) is 0 Å². The van der Waals surface area contributed by atoms with E-state index in [2.05, 4.69) is 4.74 Å². The zero-order chi connectivity index (χ0) is 13.9. The second-order valence-electron chi connectivity index (χ2n) is 3.52. The van der Waals surface area contributed by atoms with Crippen molar-refractivity contribution in [3.8, 4) is 0 Å². The van der Waals surface area contributed by atoms with E-state index in [1.807, 2.05) is 0 Å². The monoisotopic (exact) mass is 276 g/mol. The minimum Gasteiger partial charge on any atom is -0.468 e. The van der Waals surface area contributed by atoms with Crippen LogP contribution in [0.3, 0.4) is 0 Å². The molecular weight excluding hydrogens is 263 g/mol. The van der Waals surface area contributed by atoms with Crippen LogP contribution >= 0.6 is 0 Å². The Kier molecular flexibility index (Phi) is 4.25. The molecule has 0 aliphatic heterocycles. The van der Waals surface area contributed by atoms with Crippen LogP contribution in [0.5, 0.6) is 0 Å². The van der Waals surface area contributed by atoms with Gasteiger partial charge in [-0.25, -0.2) is 12.8 Å². The summed E-state index contributed by atoms with van der Waals surface area (Å²) in [5.41, 5.74) is 5.23. The highest BCUT2D eigenvalue weighted by molar-refractivity contribution is 7.89. The van der Waals surface area contributed by atoms with Gasteiger partial charge in [0.1, 0.15) is 17.3 Å². The maximum atomic E-state index is 12.8. The van der Waals surface area contributed by atoms with Crippen molar-refractivity contribution < 1.29 is 22.3 Å². The first-order valence-electron chi connectivity index (χ1n) is 4.87. The number of sulfonamides is 1. The zero-order valence-electron chi connectivity index (χ0n) is 9.88. The summed E-state index contributed by atoms with van der Waals surface area (Å²) in [5, 5.41) is 0. The Morgan fingerprint density at radius 3 is 2.61 bits per heavy atom. The third-order valence-corrected chi connectivity index (χ3v) is 4.12. The van der Waals surface area contributed by atoms with Crippen molar-refractivity contribution >= 4 is 21.7 Å². The summed E-state index contributed by atoms with van der Waals surface area (Å²) < 4.78 is 42.0. The van der Waals surface area contributed by atoms with Crippen LogP contribution in [0.1, 0.15) is 0 Å². The summed E-state index contributed by atoms with van der Waals surface area (Å²) in [7, 11) is -1.60. The summed E-state index contributed by atoms with van der Waals surface area (Å²) in [6.07, 6.45) is 0. The molecule has 0 aliphatic rings. The SMILES string of the molecule is COC(=O)CN(C)S(=O)(=O)c1ccc(F)cc1N. The van der Waals surface area contributed by atoms with Crippen LogP contribution in [-0.4, -0.2) is 39.4 Å². The molecule has 2 N–H and O–H groups in total. The number of nitrogen functional groups attached to an aromatic ring is 1. The van der Waals surface area contributed by atoms with E-state index in [0.29, 0.717) is 0 Å². The number of carbonyl (C=O) groups excluding carboxylic acids is 1. The molecule has 0 saturated heterocycles. The molecule has 0 heterocycles. The van der Waals surface area contributed by atoms with Crippen LogP contribution in [0.2, 0.25) is 0 Å². The van der Waals surface area contributed by atoms with Crippen LogP contribution < -0.4 is 5.73 Å². The molecule has 0 radical (unpaired) electrons. The minimum absolute atomic E-state index is 0.216. The van der Waals surface area contributed by atoms with E-state index < -0.39 is 28.4 Å². The molecule has 0 aliphatic carbocycles. The molecule has 18 heavy (non-hydrogen) atoms. The van der Waals surface area contributed by atoms with Crippen LogP contribution in [0.4, 0.5) is 10.1 Å². The highest BCUT2D eigenvalue weighted by Gasteiger charge is 2.25. The van der Waals surface area contributed by atoms with Crippen LogP contribution in [0.15, 0.2) is 23.1 Å². The van der Waals surface area contributed by atoms with Crippen molar-refractivity contribution in [1.82, 2.24) is 4.31 Å². The summed E-state index contributed by atoms with van der Waals surface area (Å²) in [4.78, 5) is 10.8. The molecule has 0 amide bonds. The third-order valence-electron chi connectivity index (χ3n) is 2.24. The fourth-order valence-corrected chi connectivity index (χ4v) is 2.46. The van der Waals surface area contributed by atoms with E-state index in [1.54, 1.807) is 0 Å². The molecule has 0 fully saturated rings. The molecule has 1 rings (SSSR count). The lowest BCUT2D eigenvalue weighted by atomic mass is 10.3. The van der Waals surface area contributed by atoms with E-state index in [0.717, 1.165) is 29.6 Å². The van der Waals surface area contributed by atoms with E-state index in [9.17, 15) is 17.6 Å². The molecule has 100 valence electrons. The van der Waals surface area contributed by atoms with Gasteiger partial charge in [-0.15, -0.1) is 0 Å². The van der Waals surface area contributed by atoms with Crippen molar-refractivity contribution in [2.45, 2.75) is 4.90 Å². The number of nitrogens with zero attached hydrogens (tertiary/aromatic N) is 1. The van der Waals surface area contributed by atoms with Gasteiger partial charge in [-0.2, -0.15) is 4.31 Å². The van der Waals surface area contributed by atoms with E-state index in [-0.39, 0.29) is 10.6 Å². The predicted molar refractivity (Wildman–Crippen MR) is 62.6 cm³/mol. The Morgan fingerprint density at radius 1 is 1.50 bits per heavy atom. The average Bonchev–Trinajstić information content (AvgIpc) is 2.28. The molecule has 8 heteroatoms. The molecule has 0 atom stereocenters. The average molecular weight is 276 g/mol. The number of nitrogens with two attached hydrogens (primary N) is 1. The molecule has 0 saturated carbocycles. The van der Waals surface area contributed by atoms with Crippen molar-refractivity contribution in [2.24, 2.45) is 0 Å². The normalized spacial score (nSPS) is 11.6. The molecule has 1 aromatic rings. The van der Waals surface area contributed by atoms with Gasteiger partial charge < -0.3 is 10.5 Å². The highest BCUT2D eigenvalue weighted by atomic mass is 32.2. The van der Waals surface area contributed by atoms with Crippen LogP contribution in [-0.2, 0) is 19.6 Å². The van der Waals surface area contributed by atoms with Gasteiger partial charge in [-0.1, -0.05) is 0 Å². The van der Waals surface area contributed by atoms with Gasteiger partial charge in [0.2, 0.25) is 10.0 Å². The minimum atomic E-state index is -3.95. The predicted octanol–water partition coefficient (Wildman–Crippen LogP) is 0.201. The van der Waals surface area contributed by atoms with Crippen molar-refractivity contribution in [2.75, 3.05) is 26.4 Å². The summed E-state index contributed by atoms with van der Waals surface area (Å²) in [5.74, 6) is -1.34. The number of hydrogen-bond donors (Lipinski definition) is 1. The molecule has 0 unspecified atom stereocenters. The first kappa shape index (κ1) is 14.4. The van der Waals surface area contributed by atoms with Gasteiger partial charge >= 0.3 is 5.97 Å². The number of esters is 1. The maximum absolute atomic E-state index is 12.8. The van der Waals surface area contributed by atoms with Crippen molar-refractivity contribution in [3.05, 3.63) is 24.0 Å². The number of likely N-dealkylation sites (N-methyl/N-ethyl adjacent to an activating group) is 1. The number of hydrogen-bond acceptors (Lipinski definition) is 5. The van der Waals surface area contributed by atoms with Gasteiger partial charge in [-0.05, 0) is 18.2 Å². The van der Waals surface area contributed by atoms with Crippen LogP contribution in [0.25, 0.3) is 0 Å². The standard InChI is InChI=1S/C10H13FN2O4S/c1-13(6-10(14)17-2)18(15,16)9-4-3-7(11)5-8(9)12/h3-5H,6,12H2,1-2H3. The Bertz CT molecular complexity index is 559. The number of methoxy groups -OCH3 is 1. The molecular formula is C10H13FN2O4S. The number of ether oxygens (including phenoxy) is 1. The molecule has 0 spiro atoms. The maximum Gasteiger partial charge on any atom is 0.321 e. The van der Waals surface area contributed by atoms with Gasteiger partial charge in [0.05, 0.1) is 12.8 Å². The molecule has 6 nitrogen and oxygen atoms in total. The molecule has 1 aromatic carbocycles. The lowest BCUT2D eigenvalue weighted by Crippen LogP contribution is -2.33. The first-order chi connectivity index (χ1) is 8.28. The third kappa shape index (κ3) is 2.96. The topological polar surface area (TPSA) is 89.7 Å². The Hall–Kier alpha value is -1.67. The van der Waals surface area contributed by atoms with Crippen molar-refractivity contribution in [1.29, 1.82) is 0 Å². The van der Waals surface area contributed by atoms with Crippen LogP contribution in [0, 0.1) is 5.82 Å². The van der Waals surface area contributed by atoms with E-state index in [1.165, 1.54) is 7.05 Å². The summed E-state index contributed by atoms with van der Waals surface area (Å²) in [6.45, 7) is -0.449. The smallest absolute Gasteiger partial charge is 0.321 e. The van der Waals surface area contributed by atoms with Gasteiger partial charge in [0.15, 0.2) is 0 Å². The zero-order valence-corrected chi connectivity index (χ0v) is 10.7. The first-order valence-corrected chi connectivity index (χ1v) is 6.31. The van der Waals surface area contributed by atoms with Gasteiger partial charge in [0.25, 0.3) is 0 Å². The largest absolute Gasteiger partial charge is 0.468 e. The number of benzene rings is 1. The summed E-state index contributed by atoms with van der Waals surface area (Å²) in [6, 6.07) is 2.93. The van der Waals surface area contributed by atoms with Gasteiger partial charge in [0, 0.05) is 7.05 Å². The fourth-order valence-electron chi connectivity index (χ4n) is 1.25. The Balaban J connectivity index is 3.09. The lowest BCUT2D eigenvalue weighted by Gasteiger charge is -2.16. The second-order valence-corrected chi connectivity index (χ2v) is 5.53. The highest BCUT2D eigenvalue weighted by Crippen LogP contribution is 2.22. The second kappa shape index (κ2) is 5.32.